The molecule has 2 aromatic rings. The fourth-order valence-electron chi connectivity index (χ4n) is 1.95. The zero-order valence-corrected chi connectivity index (χ0v) is 11.4. The van der Waals surface area contributed by atoms with Crippen LogP contribution in [0.5, 0.6) is 5.75 Å². The minimum absolute atomic E-state index is 0.0447. The molecule has 0 aliphatic carbocycles. The summed E-state index contributed by atoms with van der Waals surface area (Å²) in [5.41, 5.74) is 1.82. The molecule has 0 heterocycles. The van der Waals surface area contributed by atoms with E-state index < -0.39 is 0 Å². The maximum Gasteiger partial charge on any atom is 0.140 e. The molecule has 0 aromatic heterocycles. The number of hydrogen-bond donors (Lipinski definition) is 0. The largest absolute Gasteiger partial charge is 0.493 e. The summed E-state index contributed by atoms with van der Waals surface area (Å²) in [6, 6.07) is 13.8. The van der Waals surface area contributed by atoms with Crippen molar-refractivity contribution in [2.45, 2.75) is 19.8 Å². The highest BCUT2D eigenvalue weighted by Crippen LogP contribution is 2.13. The second-order valence-corrected chi connectivity index (χ2v) is 4.76. The van der Waals surface area contributed by atoms with Gasteiger partial charge in [0.05, 0.1) is 6.61 Å². The van der Waals surface area contributed by atoms with E-state index in [2.05, 4.69) is 0 Å². The Bertz CT molecular complexity index is 593. The smallest absolute Gasteiger partial charge is 0.140 e. The maximum atomic E-state index is 13.0. The highest BCUT2D eigenvalue weighted by Gasteiger charge is 2.05. The molecule has 0 N–H and O–H groups in total. The van der Waals surface area contributed by atoms with Gasteiger partial charge in [-0.15, -0.1) is 0 Å². The van der Waals surface area contributed by atoms with Gasteiger partial charge in [-0.1, -0.05) is 24.3 Å². The lowest BCUT2D eigenvalue weighted by Gasteiger charge is -2.06. The van der Waals surface area contributed by atoms with Gasteiger partial charge in [0.15, 0.2) is 0 Å². The highest BCUT2D eigenvalue weighted by molar-refractivity contribution is 5.80. The first kappa shape index (κ1) is 14.3. The number of benzene rings is 2. The number of carbonyl (C=O) groups excluding carboxylic acids is 1. The van der Waals surface area contributed by atoms with Crippen LogP contribution in [0.1, 0.15) is 17.5 Å². The van der Waals surface area contributed by atoms with Gasteiger partial charge in [0.2, 0.25) is 0 Å². The maximum absolute atomic E-state index is 13.0. The zero-order valence-electron chi connectivity index (χ0n) is 11.4. The summed E-state index contributed by atoms with van der Waals surface area (Å²) >= 11 is 0. The van der Waals surface area contributed by atoms with E-state index in [4.69, 9.17) is 4.74 Å². The Morgan fingerprint density at radius 3 is 2.70 bits per heavy atom. The summed E-state index contributed by atoms with van der Waals surface area (Å²) < 4.78 is 18.5. The van der Waals surface area contributed by atoms with E-state index in [9.17, 15) is 9.18 Å². The second-order valence-electron chi connectivity index (χ2n) is 4.76. The number of carbonyl (C=O) groups is 1. The third-order valence-electron chi connectivity index (χ3n) is 2.93. The molecule has 0 unspecified atom stereocenters. The summed E-state index contributed by atoms with van der Waals surface area (Å²) in [6.45, 7) is 2.33. The minimum Gasteiger partial charge on any atom is -0.493 e. The van der Waals surface area contributed by atoms with Crippen LogP contribution < -0.4 is 4.74 Å². The molecule has 0 fully saturated rings. The summed E-state index contributed by atoms with van der Waals surface area (Å²) in [7, 11) is 0. The van der Waals surface area contributed by atoms with E-state index in [1.807, 2.05) is 31.2 Å². The third-order valence-corrected chi connectivity index (χ3v) is 2.93. The van der Waals surface area contributed by atoms with E-state index in [1.54, 1.807) is 12.1 Å². The summed E-state index contributed by atoms with van der Waals surface area (Å²) in [5.74, 6) is 0.498. The zero-order chi connectivity index (χ0) is 14.4. The van der Waals surface area contributed by atoms with Crippen LogP contribution in [0.4, 0.5) is 4.39 Å². The van der Waals surface area contributed by atoms with Gasteiger partial charge in [-0.2, -0.15) is 0 Å². The van der Waals surface area contributed by atoms with Crippen LogP contribution in [0, 0.1) is 12.7 Å². The molecule has 0 radical (unpaired) electrons. The predicted octanol–water partition coefficient (Wildman–Crippen LogP) is 3.71. The van der Waals surface area contributed by atoms with Crippen LogP contribution in [-0.4, -0.2) is 12.4 Å². The van der Waals surface area contributed by atoms with E-state index in [-0.39, 0.29) is 18.0 Å². The molecule has 0 atom stereocenters. The van der Waals surface area contributed by atoms with Crippen molar-refractivity contribution in [3.05, 3.63) is 65.5 Å². The third kappa shape index (κ3) is 4.50. The molecule has 0 bridgehead atoms. The van der Waals surface area contributed by atoms with Gasteiger partial charge in [-0.25, -0.2) is 4.39 Å². The number of ketones is 1. The lowest BCUT2D eigenvalue weighted by atomic mass is 10.1. The standard InChI is InChI=1S/C17H17FO2/c1-13-4-2-7-17(10-13)20-9-8-16(19)12-14-5-3-6-15(18)11-14/h2-7,10-11H,8-9,12H2,1H3. The molecule has 2 aromatic carbocycles. The van der Waals surface area contributed by atoms with Crippen LogP contribution in [0.2, 0.25) is 0 Å². The predicted molar refractivity (Wildman–Crippen MR) is 76.4 cm³/mol. The Morgan fingerprint density at radius 2 is 1.95 bits per heavy atom. The summed E-state index contributed by atoms with van der Waals surface area (Å²) in [4.78, 5) is 11.8. The van der Waals surface area contributed by atoms with Gasteiger partial charge in [0, 0.05) is 12.8 Å². The van der Waals surface area contributed by atoms with Crippen LogP contribution in [0.3, 0.4) is 0 Å². The van der Waals surface area contributed by atoms with E-state index in [1.165, 1.54) is 12.1 Å². The number of aryl methyl sites for hydroxylation is 1. The van der Waals surface area contributed by atoms with Crippen molar-refractivity contribution in [1.29, 1.82) is 0 Å². The number of ether oxygens (including phenoxy) is 1. The van der Waals surface area contributed by atoms with Crippen molar-refractivity contribution in [2.24, 2.45) is 0 Å². The van der Waals surface area contributed by atoms with Crippen molar-refractivity contribution < 1.29 is 13.9 Å². The highest BCUT2D eigenvalue weighted by atomic mass is 19.1. The molecular weight excluding hydrogens is 255 g/mol. The first-order valence-electron chi connectivity index (χ1n) is 6.59. The topological polar surface area (TPSA) is 26.3 Å². The van der Waals surface area contributed by atoms with Crippen molar-refractivity contribution in [2.75, 3.05) is 6.61 Å². The monoisotopic (exact) mass is 272 g/mol. The normalized spacial score (nSPS) is 10.3. The lowest BCUT2D eigenvalue weighted by molar-refractivity contribution is -0.118. The van der Waals surface area contributed by atoms with Crippen LogP contribution in [0.15, 0.2) is 48.5 Å². The molecule has 0 amide bonds. The Kier molecular flexibility index (Phi) is 4.88. The van der Waals surface area contributed by atoms with Crippen LogP contribution in [0.25, 0.3) is 0 Å². The number of hydrogen-bond acceptors (Lipinski definition) is 2. The van der Waals surface area contributed by atoms with E-state index in [0.29, 0.717) is 18.6 Å². The molecule has 0 aliphatic heterocycles. The van der Waals surface area contributed by atoms with Crippen molar-refractivity contribution in [3.63, 3.8) is 0 Å². The summed E-state index contributed by atoms with van der Waals surface area (Å²) in [5, 5.41) is 0. The Hall–Kier alpha value is -2.16. The van der Waals surface area contributed by atoms with Crippen molar-refractivity contribution in [3.8, 4) is 5.75 Å². The number of halogens is 1. The molecule has 0 saturated carbocycles. The molecule has 0 spiro atoms. The van der Waals surface area contributed by atoms with Gasteiger partial charge in [-0.3, -0.25) is 4.79 Å². The van der Waals surface area contributed by atoms with E-state index >= 15 is 0 Å². The van der Waals surface area contributed by atoms with Crippen molar-refractivity contribution >= 4 is 5.78 Å². The molecule has 0 aliphatic rings. The lowest BCUT2D eigenvalue weighted by Crippen LogP contribution is -2.09. The molecule has 20 heavy (non-hydrogen) atoms. The molecule has 0 saturated heterocycles. The number of rotatable bonds is 6. The van der Waals surface area contributed by atoms with Crippen LogP contribution >= 0.6 is 0 Å². The SMILES string of the molecule is Cc1cccc(OCCC(=O)Cc2cccc(F)c2)c1. The molecule has 2 nitrogen and oxygen atoms in total. The first-order valence-corrected chi connectivity index (χ1v) is 6.59. The quantitative estimate of drug-likeness (QED) is 0.801. The van der Waals surface area contributed by atoms with Gasteiger partial charge in [0.1, 0.15) is 17.3 Å². The molecule has 3 heteroatoms. The Labute approximate surface area is 118 Å². The molecular formula is C17H17FO2. The van der Waals surface area contributed by atoms with Gasteiger partial charge >= 0.3 is 0 Å². The fourth-order valence-corrected chi connectivity index (χ4v) is 1.95. The fraction of sp³-hybridized carbons (Fsp3) is 0.235. The molecule has 2 rings (SSSR count). The Morgan fingerprint density at radius 1 is 1.15 bits per heavy atom. The minimum atomic E-state index is -0.314. The summed E-state index contributed by atoms with van der Waals surface area (Å²) in [6.07, 6.45) is 0.569. The van der Waals surface area contributed by atoms with Gasteiger partial charge in [-0.05, 0) is 42.3 Å². The average molecular weight is 272 g/mol. The van der Waals surface area contributed by atoms with Gasteiger partial charge in [0.25, 0.3) is 0 Å². The van der Waals surface area contributed by atoms with Crippen LogP contribution in [-0.2, 0) is 11.2 Å². The second kappa shape index (κ2) is 6.85. The van der Waals surface area contributed by atoms with E-state index in [0.717, 1.165) is 11.3 Å². The first-order chi connectivity index (χ1) is 9.63. The van der Waals surface area contributed by atoms with Crippen molar-refractivity contribution in [1.82, 2.24) is 0 Å². The average Bonchev–Trinajstić information content (AvgIpc) is 2.38. The molecule has 104 valence electrons. The Balaban J connectivity index is 1.78. The van der Waals surface area contributed by atoms with Gasteiger partial charge < -0.3 is 4.74 Å². The number of Topliss-reactive ketones (excluding diaryl/α,β-unsaturated/α-hetero) is 1.